The number of methoxy groups -OCH3 is 1. The highest BCUT2D eigenvalue weighted by Crippen LogP contribution is 2.43. The number of carbonyl (C=O) groups is 1. The van der Waals surface area contributed by atoms with Gasteiger partial charge in [-0.15, -0.1) is 4.36 Å². The number of nitrogens with two attached hydrogens (primary N) is 1. The van der Waals surface area contributed by atoms with Gasteiger partial charge in [-0.05, 0) is 54.4 Å². The van der Waals surface area contributed by atoms with Crippen molar-refractivity contribution in [2.24, 2.45) is 14.9 Å². The Bertz CT molecular complexity index is 1230. The lowest BCUT2D eigenvalue weighted by molar-refractivity contribution is 0.0972. The van der Waals surface area contributed by atoms with E-state index in [4.69, 9.17) is 14.6 Å². The molecule has 1 aromatic heterocycles. The number of rotatable bonds is 3. The number of aryl methyl sites for hydroxylation is 1. The maximum absolute atomic E-state index is 13.2. The molecule has 3 N–H and O–H groups in total. The van der Waals surface area contributed by atoms with Crippen LogP contribution in [0.1, 0.15) is 55.0 Å². The van der Waals surface area contributed by atoms with Gasteiger partial charge in [0.15, 0.2) is 9.92 Å². The molecule has 0 fully saturated rings. The third-order valence-electron chi connectivity index (χ3n) is 6.53. The molecule has 1 aromatic carbocycles. The number of anilines is 1. The molecule has 1 unspecified atom stereocenters. The number of fused-ring (bicyclic) bond motifs is 3. The highest BCUT2D eigenvalue weighted by Gasteiger charge is 2.33. The van der Waals surface area contributed by atoms with Crippen molar-refractivity contribution in [2.75, 3.05) is 19.0 Å². The maximum Gasteiger partial charge on any atom is 0.354 e. The van der Waals surface area contributed by atoms with Gasteiger partial charge >= 0.3 is 6.03 Å². The summed E-state index contributed by atoms with van der Waals surface area (Å²) in [7, 11) is -1.82. The van der Waals surface area contributed by atoms with Gasteiger partial charge in [0.1, 0.15) is 4.90 Å². The van der Waals surface area contributed by atoms with Gasteiger partial charge in [0.2, 0.25) is 5.88 Å². The molecular formula is C22H29N5O4S. The second-order valence-corrected chi connectivity index (χ2v) is 11.3. The number of amides is 2. The van der Waals surface area contributed by atoms with Crippen LogP contribution in [0.4, 0.5) is 10.5 Å². The molecule has 10 heteroatoms. The fourth-order valence-electron chi connectivity index (χ4n) is 5.03. The Hall–Kier alpha value is -2.43. The summed E-state index contributed by atoms with van der Waals surface area (Å²) in [5, 5.41) is 13.2. The number of hydrogen-bond acceptors (Lipinski definition) is 5. The Morgan fingerprint density at radius 2 is 2.19 bits per heavy atom. The number of carbonyl (C=O) groups excluding carboxylic acids is 1. The summed E-state index contributed by atoms with van der Waals surface area (Å²) >= 11 is 0. The predicted octanol–water partition coefficient (Wildman–Crippen LogP) is 3.36. The van der Waals surface area contributed by atoms with E-state index < -0.39 is 15.9 Å². The molecule has 1 aliphatic heterocycles. The molecule has 2 amide bonds. The van der Waals surface area contributed by atoms with E-state index in [0.717, 1.165) is 54.5 Å². The van der Waals surface area contributed by atoms with Crippen molar-refractivity contribution in [3.05, 3.63) is 34.5 Å². The zero-order chi connectivity index (χ0) is 22.7. The first-order valence-corrected chi connectivity index (χ1v) is 12.5. The fraction of sp³-hybridized carbons (Fsp3) is 0.545. The zero-order valence-corrected chi connectivity index (χ0v) is 19.5. The van der Waals surface area contributed by atoms with Crippen LogP contribution in [0.3, 0.4) is 0 Å². The minimum Gasteiger partial charge on any atom is -0.476 e. The Balaban J connectivity index is 1.47. The number of ether oxygens (including phenoxy) is 2. The summed E-state index contributed by atoms with van der Waals surface area (Å²) in [6.45, 7) is 5.16. The van der Waals surface area contributed by atoms with E-state index in [9.17, 15) is 9.00 Å². The topological polar surface area (TPSA) is 121 Å². The molecule has 32 heavy (non-hydrogen) atoms. The summed E-state index contributed by atoms with van der Waals surface area (Å²) in [6.07, 6.45) is 6.02. The van der Waals surface area contributed by atoms with E-state index in [2.05, 4.69) is 34.7 Å². The van der Waals surface area contributed by atoms with Crippen LogP contribution in [-0.2, 0) is 40.5 Å². The number of aromatic nitrogens is 2. The first kappa shape index (κ1) is 21.4. The minimum atomic E-state index is -3.53. The third kappa shape index (κ3) is 3.60. The highest BCUT2D eigenvalue weighted by molar-refractivity contribution is 7.91. The molecule has 3 aliphatic rings. The normalized spacial score (nSPS) is 22.3. The van der Waals surface area contributed by atoms with E-state index in [1.54, 1.807) is 11.8 Å². The van der Waals surface area contributed by atoms with Crippen LogP contribution in [0.15, 0.2) is 21.5 Å². The average Bonchev–Trinajstić information content (AvgIpc) is 3.43. The smallest absolute Gasteiger partial charge is 0.354 e. The third-order valence-corrected chi connectivity index (χ3v) is 7.88. The lowest BCUT2D eigenvalue weighted by Gasteiger charge is -2.30. The minimum absolute atomic E-state index is 0.0302. The molecule has 0 saturated carbocycles. The lowest BCUT2D eigenvalue weighted by atomic mass is 9.94. The quantitative estimate of drug-likeness (QED) is 0.729. The van der Waals surface area contributed by atoms with Crippen molar-refractivity contribution in [3.63, 3.8) is 0 Å². The van der Waals surface area contributed by atoms with Crippen LogP contribution >= 0.6 is 0 Å². The summed E-state index contributed by atoms with van der Waals surface area (Å²) < 4.78 is 30.1. The lowest BCUT2D eigenvalue weighted by Crippen LogP contribution is -2.33. The van der Waals surface area contributed by atoms with Crippen LogP contribution in [0.5, 0.6) is 5.88 Å². The van der Waals surface area contributed by atoms with Gasteiger partial charge in [0, 0.05) is 18.2 Å². The van der Waals surface area contributed by atoms with Gasteiger partial charge in [-0.2, -0.15) is 5.10 Å². The zero-order valence-electron chi connectivity index (χ0n) is 18.6. The highest BCUT2D eigenvalue weighted by atomic mass is 32.2. The van der Waals surface area contributed by atoms with Crippen molar-refractivity contribution < 1.29 is 18.5 Å². The number of benzene rings is 1. The molecule has 0 bridgehead atoms. The molecule has 0 saturated heterocycles. The Morgan fingerprint density at radius 3 is 2.97 bits per heavy atom. The molecule has 2 aromatic rings. The van der Waals surface area contributed by atoms with Gasteiger partial charge in [-0.25, -0.2) is 18.8 Å². The predicted molar refractivity (Wildman–Crippen MR) is 120 cm³/mol. The van der Waals surface area contributed by atoms with Crippen LogP contribution in [0.25, 0.3) is 0 Å². The molecule has 0 radical (unpaired) electrons. The van der Waals surface area contributed by atoms with Gasteiger partial charge in [-0.1, -0.05) is 19.9 Å². The largest absolute Gasteiger partial charge is 0.476 e. The van der Waals surface area contributed by atoms with Gasteiger partial charge in [-0.3, -0.25) is 0 Å². The average molecular weight is 460 g/mol. The van der Waals surface area contributed by atoms with E-state index in [-0.39, 0.29) is 16.4 Å². The Kier molecular flexibility index (Phi) is 5.06. The molecule has 5 rings (SSSR count). The van der Waals surface area contributed by atoms with Crippen LogP contribution in [-0.4, -0.2) is 33.7 Å². The molecule has 2 atom stereocenters. The van der Waals surface area contributed by atoms with Crippen LogP contribution in [0.2, 0.25) is 0 Å². The molecule has 9 nitrogen and oxygen atoms in total. The summed E-state index contributed by atoms with van der Waals surface area (Å²) in [5.74, 6) is 0.317. The van der Waals surface area contributed by atoms with Gasteiger partial charge in [0.25, 0.3) is 0 Å². The van der Waals surface area contributed by atoms with E-state index in [1.165, 1.54) is 11.8 Å². The van der Waals surface area contributed by atoms with Crippen molar-refractivity contribution in [3.8, 4) is 5.88 Å². The van der Waals surface area contributed by atoms with E-state index in [1.807, 2.05) is 0 Å². The van der Waals surface area contributed by atoms with Crippen molar-refractivity contribution >= 4 is 21.6 Å². The number of nitrogens with one attached hydrogen (secondary N) is 1. The standard InChI is InChI=1S/C22H29N5O4S/c1-22(2)11-27-20(31-12-22)18(10-24-27)32(23,29)26-21(28)25-19-14-6-4-5-13(14)9-16-15(19)7-8-17(16)30-3/h9-10,17H,4-8,11-12H2,1-3H3,(H3,23,25,26,28,29)/t17-,32?/m0/s1. The summed E-state index contributed by atoms with van der Waals surface area (Å²) in [6, 6.07) is 1.49. The molecule has 2 heterocycles. The summed E-state index contributed by atoms with van der Waals surface area (Å²) in [4.78, 5) is 13.1. The second kappa shape index (κ2) is 7.57. The Labute approximate surface area is 188 Å². The van der Waals surface area contributed by atoms with Crippen LogP contribution in [0, 0.1) is 5.41 Å². The maximum atomic E-state index is 13.2. The molecular weight excluding hydrogens is 430 g/mol. The molecule has 2 aliphatic carbocycles. The van der Waals surface area contributed by atoms with E-state index in [0.29, 0.717) is 19.0 Å². The molecule has 0 spiro atoms. The number of hydrogen-bond donors (Lipinski definition) is 2. The van der Waals surface area contributed by atoms with Crippen molar-refractivity contribution in [2.45, 2.75) is 63.5 Å². The number of nitrogens with zero attached hydrogens (tertiary/aromatic N) is 3. The fourth-order valence-corrected chi connectivity index (χ4v) is 6.03. The number of urea groups is 1. The summed E-state index contributed by atoms with van der Waals surface area (Å²) in [5.41, 5.74) is 5.26. The SMILES string of the molecule is CO[C@H]1CCc2c1cc1c(c2NC(=O)N=S(N)(=O)c2cnn3c2OCC(C)(C)C3)CCC1. The van der Waals surface area contributed by atoms with Gasteiger partial charge in [0.05, 0.1) is 25.5 Å². The Morgan fingerprint density at radius 1 is 1.38 bits per heavy atom. The first-order chi connectivity index (χ1) is 15.2. The van der Waals surface area contributed by atoms with Crippen molar-refractivity contribution in [1.82, 2.24) is 9.78 Å². The van der Waals surface area contributed by atoms with Crippen LogP contribution < -0.4 is 15.2 Å². The first-order valence-electron chi connectivity index (χ1n) is 10.9. The van der Waals surface area contributed by atoms with Crippen molar-refractivity contribution in [1.29, 1.82) is 0 Å². The van der Waals surface area contributed by atoms with Gasteiger partial charge < -0.3 is 14.8 Å². The monoisotopic (exact) mass is 459 g/mol. The van der Waals surface area contributed by atoms with E-state index >= 15 is 0 Å². The second-order valence-electron chi connectivity index (χ2n) is 9.59. The molecule has 172 valence electrons.